The second-order valence-electron chi connectivity index (χ2n) is 7.55. The van der Waals surface area contributed by atoms with Gasteiger partial charge >= 0.3 is 0 Å². The minimum atomic E-state index is 0.399. The van der Waals surface area contributed by atoms with Crippen LogP contribution in [0.3, 0.4) is 0 Å². The minimum Gasteiger partial charge on any atom is -0.399 e. The fraction of sp³-hybridized carbons (Fsp3) is 0.250. The van der Waals surface area contributed by atoms with Gasteiger partial charge in [0.2, 0.25) is 0 Å². The molecule has 0 amide bonds. The van der Waals surface area contributed by atoms with Crippen LogP contribution in [0.2, 0.25) is 0 Å². The summed E-state index contributed by atoms with van der Waals surface area (Å²) in [6.45, 7) is 0. The summed E-state index contributed by atoms with van der Waals surface area (Å²) in [5.74, 6) is 0.399. The lowest BCUT2D eigenvalue weighted by Gasteiger charge is -2.25. The third kappa shape index (κ3) is 2.57. The van der Waals surface area contributed by atoms with Crippen LogP contribution >= 0.6 is 0 Å². The van der Waals surface area contributed by atoms with Crippen molar-refractivity contribution >= 4 is 21.8 Å². The van der Waals surface area contributed by atoms with Crippen LogP contribution < -0.4 is 5.73 Å². The largest absolute Gasteiger partial charge is 0.399 e. The van der Waals surface area contributed by atoms with Gasteiger partial charge in [-0.2, -0.15) is 0 Å². The first-order valence-electron chi connectivity index (χ1n) is 9.66. The van der Waals surface area contributed by atoms with Gasteiger partial charge in [0.1, 0.15) is 0 Å². The summed E-state index contributed by atoms with van der Waals surface area (Å²) in [6.07, 6.45) is 12.8. The van der Waals surface area contributed by atoms with Crippen molar-refractivity contribution in [3.63, 3.8) is 0 Å². The predicted molar refractivity (Wildman–Crippen MR) is 110 cm³/mol. The SMILES string of the molecule is NC1=C(C2=CCCCC2)CC(c2ccc3c(c2)[nH]c2ccccc23)C=C1. The summed E-state index contributed by atoms with van der Waals surface area (Å²) in [6, 6.07) is 15.4. The molecule has 0 aliphatic heterocycles. The maximum Gasteiger partial charge on any atom is 0.0467 e. The van der Waals surface area contributed by atoms with Crippen molar-refractivity contribution < 1.29 is 0 Å². The molecule has 0 saturated carbocycles. The first kappa shape index (κ1) is 15.5. The number of hydrogen-bond donors (Lipinski definition) is 2. The van der Waals surface area contributed by atoms with Crippen molar-refractivity contribution in [2.45, 2.75) is 38.0 Å². The van der Waals surface area contributed by atoms with Crippen molar-refractivity contribution in [3.8, 4) is 0 Å². The molecule has 0 bridgehead atoms. The van der Waals surface area contributed by atoms with Crippen LogP contribution in [-0.4, -0.2) is 4.98 Å². The van der Waals surface area contributed by atoms with Crippen LogP contribution in [0.1, 0.15) is 43.6 Å². The quantitative estimate of drug-likeness (QED) is 0.583. The van der Waals surface area contributed by atoms with E-state index in [1.807, 2.05) is 0 Å². The van der Waals surface area contributed by atoms with E-state index in [1.54, 1.807) is 0 Å². The zero-order chi connectivity index (χ0) is 17.5. The molecule has 130 valence electrons. The van der Waals surface area contributed by atoms with E-state index in [0.717, 1.165) is 12.1 Å². The Hall–Kier alpha value is -2.74. The first-order chi connectivity index (χ1) is 12.8. The Labute approximate surface area is 154 Å². The molecular formula is C24H24N2. The van der Waals surface area contributed by atoms with Gasteiger partial charge in [0.05, 0.1) is 0 Å². The zero-order valence-corrected chi connectivity index (χ0v) is 15.0. The molecule has 3 N–H and O–H groups in total. The second kappa shape index (κ2) is 6.21. The highest BCUT2D eigenvalue weighted by Gasteiger charge is 2.21. The Morgan fingerprint density at radius 2 is 1.85 bits per heavy atom. The second-order valence-corrected chi connectivity index (χ2v) is 7.55. The van der Waals surface area contributed by atoms with Crippen molar-refractivity contribution in [3.05, 3.63) is 83.1 Å². The number of allylic oxidation sites excluding steroid dienone is 5. The zero-order valence-electron chi connectivity index (χ0n) is 15.0. The standard InChI is InChI=1S/C24H24N2/c25-22-13-11-17(14-21(22)16-6-2-1-3-7-16)18-10-12-20-19-8-4-5-9-23(19)26-24(20)15-18/h4-6,8-13,15,17,26H,1-3,7,14,25H2. The summed E-state index contributed by atoms with van der Waals surface area (Å²) in [4.78, 5) is 3.57. The monoisotopic (exact) mass is 340 g/mol. The molecule has 5 rings (SSSR count). The van der Waals surface area contributed by atoms with E-state index >= 15 is 0 Å². The number of para-hydroxylation sites is 1. The fourth-order valence-electron chi connectivity index (χ4n) is 4.49. The van der Waals surface area contributed by atoms with Gasteiger partial charge in [-0.1, -0.05) is 42.5 Å². The maximum absolute atomic E-state index is 6.34. The predicted octanol–water partition coefficient (Wildman–Crippen LogP) is 6.08. The number of nitrogens with one attached hydrogen (secondary N) is 1. The lowest BCUT2D eigenvalue weighted by molar-refractivity contribution is 0.688. The van der Waals surface area contributed by atoms with Gasteiger partial charge in [0.25, 0.3) is 0 Å². The molecule has 0 fully saturated rings. The summed E-state index contributed by atoms with van der Waals surface area (Å²) < 4.78 is 0. The molecular weight excluding hydrogens is 316 g/mol. The average Bonchev–Trinajstić information content (AvgIpc) is 3.07. The lowest BCUT2D eigenvalue weighted by Crippen LogP contribution is -2.12. The Morgan fingerprint density at radius 1 is 0.962 bits per heavy atom. The number of benzene rings is 2. The number of hydrogen-bond acceptors (Lipinski definition) is 1. The molecule has 0 spiro atoms. The maximum atomic E-state index is 6.34. The Kier molecular flexibility index (Phi) is 3.70. The number of aromatic nitrogens is 1. The normalized spacial score (nSPS) is 20.8. The van der Waals surface area contributed by atoms with E-state index in [9.17, 15) is 0 Å². The Morgan fingerprint density at radius 3 is 2.73 bits per heavy atom. The van der Waals surface area contributed by atoms with Gasteiger partial charge < -0.3 is 10.7 Å². The molecule has 1 atom stereocenters. The topological polar surface area (TPSA) is 41.8 Å². The number of aromatic amines is 1. The number of rotatable bonds is 2. The summed E-state index contributed by atoms with van der Waals surface area (Å²) in [5.41, 5.74) is 13.9. The van der Waals surface area contributed by atoms with Crippen molar-refractivity contribution in [1.29, 1.82) is 0 Å². The molecule has 2 aromatic carbocycles. The molecule has 26 heavy (non-hydrogen) atoms. The van der Waals surface area contributed by atoms with Crippen LogP contribution in [0.5, 0.6) is 0 Å². The Bertz CT molecular complexity index is 1080. The van der Waals surface area contributed by atoms with Gasteiger partial charge in [-0.15, -0.1) is 0 Å². The van der Waals surface area contributed by atoms with E-state index in [-0.39, 0.29) is 0 Å². The molecule has 1 aromatic heterocycles. The van der Waals surface area contributed by atoms with Crippen molar-refractivity contribution in [2.75, 3.05) is 0 Å². The highest BCUT2D eigenvalue weighted by atomic mass is 14.7. The summed E-state index contributed by atoms with van der Waals surface area (Å²) in [5, 5.41) is 2.60. The molecule has 3 aromatic rings. The molecule has 2 aliphatic carbocycles. The van der Waals surface area contributed by atoms with Crippen molar-refractivity contribution in [1.82, 2.24) is 4.98 Å². The lowest BCUT2D eigenvalue weighted by atomic mass is 9.81. The van der Waals surface area contributed by atoms with Crippen LogP contribution in [-0.2, 0) is 0 Å². The fourth-order valence-corrected chi connectivity index (χ4v) is 4.49. The van der Waals surface area contributed by atoms with Crippen LogP contribution in [0, 0.1) is 0 Å². The number of fused-ring (bicyclic) bond motifs is 3. The average molecular weight is 340 g/mol. The highest BCUT2D eigenvalue weighted by molar-refractivity contribution is 6.07. The van der Waals surface area contributed by atoms with Gasteiger partial charge in [0.15, 0.2) is 0 Å². The van der Waals surface area contributed by atoms with Gasteiger partial charge in [-0.05, 0) is 67.0 Å². The molecule has 1 heterocycles. The molecule has 0 radical (unpaired) electrons. The summed E-state index contributed by atoms with van der Waals surface area (Å²) >= 11 is 0. The van der Waals surface area contributed by atoms with E-state index in [1.165, 1.54) is 64.2 Å². The smallest absolute Gasteiger partial charge is 0.0467 e. The minimum absolute atomic E-state index is 0.399. The van der Waals surface area contributed by atoms with E-state index in [4.69, 9.17) is 5.73 Å². The molecule has 2 aliphatic rings. The summed E-state index contributed by atoms with van der Waals surface area (Å²) in [7, 11) is 0. The van der Waals surface area contributed by atoms with Gasteiger partial charge in [0, 0.05) is 33.4 Å². The number of nitrogens with two attached hydrogens (primary N) is 1. The third-order valence-electron chi connectivity index (χ3n) is 5.92. The number of H-pyrrole nitrogens is 1. The van der Waals surface area contributed by atoms with Gasteiger partial charge in [-0.25, -0.2) is 0 Å². The van der Waals surface area contributed by atoms with E-state index < -0.39 is 0 Å². The van der Waals surface area contributed by atoms with Crippen LogP contribution in [0.4, 0.5) is 0 Å². The Balaban J connectivity index is 1.51. The van der Waals surface area contributed by atoms with Gasteiger partial charge in [-0.3, -0.25) is 0 Å². The molecule has 2 nitrogen and oxygen atoms in total. The molecule has 0 saturated heterocycles. The van der Waals surface area contributed by atoms with E-state index in [0.29, 0.717) is 5.92 Å². The van der Waals surface area contributed by atoms with E-state index in [2.05, 4.69) is 65.7 Å². The van der Waals surface area contributed by atoms with Crippen LogP contribution in [0.15, 0.2) is 77.5 Å². The van der Waals surface area contributed by atoms with Crippen LogP contribution in [0.25, 0.3) is 21.8 Å². The molecule has 1 unspecified atom stereocenters. The third-order valence-corrected chi connectivity index (χ3v) is 5.92. The van der Waals surface area contributed by atoms with Crippen molar-refractivity contribution in [2.24, 2.45) is 5.73 Å². The molecule has 2 heteroatoms. The first-order valence-corrected chi connectivity index (χ1v) is 9.66. The highest BCUT2D eigenvalue weighted by Crippen LogP contribution is 2.38.